The maximum Gasteiger partial charge on any atom is 0.152 e. The molecular weight excluding hydrogens is 255 g/mol. The lowest BCUT2D eigenvalue weighted by Crippen LogP contribution is -2.01. The molecule has 0 saturated carbocycles. The van der Waals surface area contributed by atoms with Gasteiger partial charge in [-0.05, 0) is 42.3 Å². The highest BCUT2D eigenvalue weighted by atomic mass is 19.1. The van der Waals surface area contributed by atoms with Crippen molar-refractivity contribution in [3.63, 3.8) is 0 Å². The van der Waals surface area contributed by atoms with Gasteiger partial charge in [0, 0.05) is 29.9 Å². The maximum atomic E-state index is 13.4. The van der Waals surface area contributed by atoms with Gasteiger partial charge in [-0.1, -0.05) is 6.07 Å². The average molecular weight is 268 g/mol. The molecule has 2 aromatic heterocycles. The average Bonchev–Trinajstić information content (AvgIpc) is 2.81. The minimum absolute atomic E-state index is 0.259. The van der Waals surface area contributed by atoms with E-state index in [1.165, 1.54) is 12.1 Å². The number of aldehydes is 1. The van der Waals surface area contributed by atoms with E-state index in [1.54, 1.807) is 24.5 Å². The molecule has 1 aromatic carbocycles. The second kappa shape index (κ2) is 4.89. The van der Waals surface area contributed by atoms with Crippen LogP contribution in [0.25, 0.3) is 11.0 Å². The number of fused-ring (bicyclic) bond motifs is 1. The Labute approximate surface area is 115 Å². The Morgan fingerprint density at radius 3 is 3.00 bits per heavy atom. The van der Waals surface area contributed by atoms with Crippen molar-refractivity contribution in [1.82, 2.24) is 9.55 Å². The molecule has 0 spiro atoms. The Balaban J connectivity index is 2.11. The fourth-order valence-corrected chi connectivity index (χ4v) is 2.36. The zero-order valence-electron chi connectivity index (χ0n) is 11.0. The molecule has 0 N–H and O–H groups in total. The second-order valence-electron chi connectivity index (χ2n) is 4.78. The van der Waals surface area contributed by atoms with E-state index in [2.05, 4.69) is 4.98 Å². The number of hydrogen-bond acceptors (Lipinski definition) is 2. The van der Waals surface area contributed by atoms with E-state index < -0.39 is 0 Å². The Hall–Kier alpha value is -2.49. The van der Waals surface area contributed by atoms with Crippen LogP contribution in [0.15, 0.2) is 42.7 Å². The van der Waals surface area contributed by atoms with Crippen LogP contribution in [0.3, 0.4) is 0 Å². The van der Waals surface area contributed by atoms with Crippen molar-refractivity contribution in [2.75, 3.05) is 0 Å². The predicted molar refractivity (Wildman–Crippen MR) is 75.4 cm³/mol. The molecule has 2 heterocycles. The number of benzene rings is 1. The van der Waals surface area contributed by atoms with Gasteiger partial charge in [-0.15, -0.1) is 0 Å². The molecule has 3 nitrogen and oxygen atoms in total. The summed E-state index contributed by atoms with van der Waals surface area (Å²) in [5.74, 6) is -0.259. The molecule has 0 fully saturated rings. The van der Waals surface area contributed by atoms with Crippen LogP contribution < -0.4 is 0 Å². The molecule has 0 aliphatic heterocycles. The fourth-order valence-electron chi connectivity index (χ4n) is 2.36. The van der Waals surface area contributed by atoms with Crippen molar-refractivity contribution in [3.05, 3.63) is 65.2 Å². The molecule has 3 aromatic rings. The van der Waals surface area contributed by atoms with Crippen LogP contribution in [0.5, 0.6) is 0 Å². The number of aryl methyl sites for hydroxylation is 1. The van der Waals surface area contributed by atoms with E-state index in [1.807, 2.05) is 17.6 Å². The Bertz CT molecular complexity index is 792. The van der Waals surface area contributed by atoms with Crippen molar-refractivity contribution in [2.45, 2.75) is 13.5 Å². The quantitative estimate of drug-likeness (QED) is 0.683. The first-order valence-electron chi connectivity index (χ1n) is 6.33. The number of halogens is 1. The number of carbonyl (C=O) groups excluding carboxylic acids is 1. The summed E-state index contributed by atoms with van der Waals surface area (Å²) < 4.78 is 15.2. The van der Waals surface area contributed by atoms with Crippen molar-refractivity contribution < 1.29 is 9.18 Å². The largest absolute Gasteiger partial charge is 0.327 e. The van der Waals surface area contributed by atoms with Gasteiger partial charge in [-0.2, -0.15) is 0 Å². The van der Waals surface area contributed by atoms with Crippen LogP contribution in [0, 0.1) is 12.7 Å². The number of aromatic nitrogens is 2. The molecule has 0 amide bonds. The normalized spacial score (nSPS) is 10.9. The van der Waals surface area contributed by atoms with Crippen LogP contribution in [0.1, 0.15) is 21.5 Å². The Kier molecular flexibility index (Phi) is 3.06. The van der Waals surface area contributed by atoms with E-state index in [4.69, 9.17) is 0 Å². The van der Waals surface area contributed by atoms with Gasteiger partial charge in [0.1, 0.15) is 11.5 Å². The van der Waals surface area contributed by atoms with E-state index >= 15 is 0 Å². The summed E-state index contributed by atoms with van der Waals surface area (Å²) in [6, 6.07) is 8.38. The molecule has 0 unspecified atom stereocenters. The predicted octanol–water partition coefficient (Wildman–Crippen LogP) is 3.34. The molecule has 3 rings (SSSR count). The summed E-state index contributed by atoms with van der Waals surface area (Å²) in [7, 11) is 0. The van der Waals surface area contributed by atoms with Crippen LogP contribution >= 0.6 is 0 Å². The van der Waals surface area contributed by atoms with Crippen LogP contribution in [0.4, 0.5) is 4.39 Å². The molecule has 0 bridgehead atoms. The molecule has 0 atom stereocenters. The highest BCUT2D eigenvalue weighted by Crippen LogP contribution is 2.20. The zero-order valence-corrected chi connectivity index (χ0v) is 11.0. The summed E-state index contributed by atoms with van der Waals surface area (Å²) in [4.78, 5) is 15.4. The molecule has 0 aliphatic carbocycles. The molecule has 0 saturated heterocycles. The van der Waals surface area contributed by atoms with Crippen molar-refractivity contribution in [1.29, 1.82) is 0 Å². The van der Waals surface area contributed by atoms with Gasteiger partial charge in [0.25, 0.3) is 0 Å². The summed E-state index contributed by atoms with van der Waals surface area (Å²) in [6.07, 6.45) is 4.26. The fraction of sp³-hybridized carbons (Fsp3) is 0.125. The summed E-state index contributed by atoms with van der Waals surface area (Å²) >= 11 is 0. The smallest absolute Gasteiger partial charge is 0.152 e. The first-order chi connectivity index (χ1) is 9.69. The molecule has 100 valence electrons. The van der Waals surface area contributed by atoms with Gasteiger partial charge in [-0.25, -0.2) is 9.37 Å². The highest BCUT2D eigenvalue weighted by molar-refractivity contribution is 5.95. The number of carbonyl (C=O) groups is 1. The van der Waals surface area contributed by atoms with Gasteiger partial charge < -0.3 is 4.57 Å². The Morgan fingerprint density at radius 1 is 1.35 bits per heavy atom. The first-order valence-corrected chi connectivity index (χ1v) is 6.33. The molecule has 20 heavy (non-hydrogen) atoms. The van der Waals surface area contributed by atoms with Gasteiger partial charge in [0.2, 0.25) is 0 Å². The minimum atomic E-state index is -0.259. The van der Waals surface area contributed by atoms with E-state index in [-0.39, 0.29) is 5.82 Å². The molecule has 0 radical (unpaired) electrons. The van der Waals surface area contributed by atoms with E-state index in [0.29, 0.717) is 12.1 Å². The van der Waals surface area contributed by atoms with Crippen molar-refractivity contribution >= 4 is 17.3 Å². The van der Waals surface area contributed by atoms with Crippen LogP contribution in [-0.4, -0.2) is 15.8 Å². The topological polar surface area (TPSA) is 34.9 Å². The number of nitrogens with zero attached hydrogens (tertiary/aromatic N) is 2. The summed E-state index contributed by atoms with van der Waals surface area (Å²) in [5, 5.41) is 0.816. The monoisotopic (exact) mass is 268 g/mol. The zero-order chi connectivity index (χ0) is 14.1. The summed E-state index contributed by atoms with van der Waals surface area (Å²) in [6.45, 7) is 2.43. The SMILES string of the molecule is Cc1ccc(F)cc1Cn1cc(C=O)c2cccnc21. The summed E-state index contributed by atoms with van der Waals surface area (Å²) in [5.41, 5.74) is 3.22. The number of hydrogen-bond donors (Lipinski definition) is 0. The van der Waals surface area contributed by atoms with Gasteiger partial charge in [0.05, 0.1) is 0 Å². The lowest BCUT2D eigenvalue weighted by molar-refractivity contribution is 0.112. The number of pyridine rings is 1. The first kappa shape index (κ1) is 12.5. The Morgan fingerprint density at radius 2 is 2.20 bits per heavy atom. The van der Waals surface area contributed by atoms with Crippen molar-refractivity contribution in [2.24, 2.45) is 0 Å². The third-order valence-electron chi connectivity index (χ3n) is 3.44. The standard InChI is InChI=1S/C16H13FN2O/c1-11-4-5-14(17)7-12(11)8-19-9-13(10-20)15-3-2-6-18-16(15)19/h2-7,9-10H,8H2,1H3. The number of rotatable bonds is 3. The van der Waals surface area contributed by atoms with Crippen molar-refractivity contribution in [3.8, 4) is 0 Å². The van der Waals surface area contributed by atoms with E-state index in [9.17, 15) is 9.18 Å². The van der Waals surface area contributed by atoms with Crippen LogP contribution in [-0.2, 0) is 6.54 Å². The third kappa shape index (κ3) is 2.09. The molecule has 0 aliphatic rings. The lowest BCUT2D eigenvalue weighted by atomic mass is 10.1. The molecule has 4 heteroatoms. The lowest BCUT2D eigenvalue weighted by Gasteiger charge is -2.08. The van der Waals surface area contributed by atoms with Gasteiger partial charge in [-0.3, -0.25) is 4.79 Å². The van der Waals surface area contributed by atoms with Gasteiger partial charge in [0.15, 0.2) is 6.29 Å². The van der Waals surface area contributed by atoms with Crippen LogP contribution in [0.2, 0.25) is 0 Å². The second-order valence-corrected chi connectivity index (χ2v) is 4.78. The molecular formula is C16H13FN2O. The van der Waals surface area contributed by atoms with Gasteiger partial charge >= 0.3 is 0 Å². The highest BCUT2D eigenvalue weighted by Gasteiger charge is 2.10. The van der Waals surface area contributed by atoms with E-state index in [0.717, 1.165) is 28.4 Å². The maximum absolute atomic E-state index is 13.4. The minimum Gasteiger partial charge on any atom is -0.327 e. The third-order valence-corrected chi connectivity index (χ3v) is 3.44.